The number of rotatable bonds is 3. The van der Waals surface area contributed by atoms with Crippen molar-refractivity contribution in [3.05, 3.63) is 29.8 Å². The number of benzene rings is 1. The standard InChI is InChI=1S/C16H20N2OS2/c1-2-14(21-16-17-9-11-20-16)15(19)18-10-5-7-12-6-3-4-8-13(12)18/h3-4,6,8,14H,2,5,7,9-11H2,1H3. The summed E-state index contributed by atoms with van der Waals surface area (Å²) in [7, 11) is 0. The molecule has 0 N–H and O–H groups in total. The van der Waals surface area contributed by atoms with Crippen molar-refractivity contribution in [2.45, 2.75) is 31.4 Å². The van der Waals surface area contributed by atoms with Gasteiger partial charge in [-0.2, -0.15) is 0 Å². The van der Waals surface area contributed by atoms with Gasteiger partial charge in [0.25, 0.3) is 0 Å². The van der Waals surface area contributed by atoms with Crippen LogP contribution in [0.15, 0.2) is 29.3 Å². The minimum Gasteiger partial charge on any atom is -0.311 e. The number of thioether (sulfide) groups is 2. The predicted octanol–water partition coefficient (Wildman–Crippen LogP) is 3.58. The fraction of sp³-hybridized carbons (Fsp3) is 0.500. The van der Waals surface area contributed by atoms with Crippen molar-refractivity contribution in [3.8, 4) is 0 Å². The van der Waals surface area contributed by atoms with E-state index in [0.717, 1.165) is 48.2 Å². The molecule has 1 amide bonds. The van der Waals surface area contributed by atoms with E-state index in [-0.39, 0.29) is 11.2 Å². The smallest absolute Gasteiger partial charge is 0.240 e. The third-order valence-corrected chi connectivity index (χ3v) is 6.38. The summed E-state index contributed by atoms with van der Waals surface area (Å²) in [6.45, 7) is 3.82. The van der Waals surface area contributed by atoms with Crippen LogP contribution in [0.4, 0.5) is 5.69 Å². The zero-order valence-electron chi connectivity index (χ0n) is 12.2. The van der Waals surface area contributed by atoms with Crippen LogP contribution in [0.5, 0.6) is 0 Å². The molecule has 0 aromatic heterocycles. The van der Waals surface area contributed by atoms with Crippen LogP contribution in [0.2, 0.25) is 0 Å². The van der Waals surface area contributed by atoms with E-state index < -0.39 is 0 Å². The third kappa shape index (κ3) is 3.29. The van der Waals surface area contributed by atoms with Crippen LogP contribution in [0.25, 0.3) is 0 Å². The Bertz CT molecular complexity index is 559. The Kier molecular flexibility index (Phi) is 4.91. The molecule has 5 heteroatoms. The lowest BCUT2D eigenvalue weighted by Crippen LogP contribution is -2.41. The quantitative estimate of drug-likeness (QED) is 0.853. The Hall–Kier alpha value is -0.940. The van der Waals surface area contributed by atoms with Crippen molar-refractivity contribution >= 4 is 39.5 Å². The van der Waals surface area contributed by atoms with Crippen molar-refractivity contribution in [1.29, 1.82) is 0 Å². The number of hydrogen-bond donors (Lipinski definition) is 0. The van der Waals surface area contributed by atoms with E-state index >= 15 is 0 Å². The molecule has 3 nitrogen and oxygen atoms in total. The first-order chi connectivity index (χ1) is 10.3. The molecule has 0 aliphatic carbocycles. The summed E-state index contributed by atoms with van der Waals surface area (Å²) < 4.78 is 1.08. The highest BCUT2D eigenvalue weighted by Gasteiger charge is 2.29. The first-order valence-electron chi connectivity index (χ1n) is 7.52. The molecule has 1 atom stereocenters. The van der Waals surface area contributed by atoms with Gasteiger partial charge in [-0.1, -0.05) is 48.6 Å². The maximum Gasteiger partial charge on any atom is 0.240 e. The molecule has 0 fully saturated rings. The maximum absolute atomic E-state index is 12.9. The summed E-state index contributed by atoms with van der Waals surface area (Å²) in [4.78, 5) is 19.4. The Morgan fingerprint density at radius 1 is 1.48 bits per heavy atom. The van der Waals surface area contributed by atoms with E-state index in [1.54, 1.807) is 23.5 Å². The molecular weight excluding hydrogens is 300 g/mol. The fourth-order valence-corrected chi connectivity index (χ4v) is 4.97. The van der Waals surface area contributed by atoms with Crippen LogP contribution < -0.4 is 4.90 Å². The molecule has 0 saturated carbocycles. The summed E-state index contributed by atoms with van der Waals surface area (Å²) in [5.74, 6) is 1.30. The monoisotopic (exact) mass is 320 g/mol. The first kappa shape index (κ1) is 15.0. The number of anilines is 1. The molecule has 1 unspecified atom stereocenters. The second-order valence-electron chi connectivity index (χ2n) is 5.23. The Morgan fingerprint density at radius 2 is 2.33 bits per heavy atom. The van der Waals surface area contributed by atoms with E-state index in [1.165, 1.54) is 5.56 Å². The molecule has 112 valence electrons. The zero-order chi connectivity index (χ0) is 14.7. The molecule has 1 aromatic carbocycles. The largest absolute Gasteiger partial charge is 0.311 e. The molecule has 0 spiro atoms. The number of para-hydroxylation sites is 1. The second kappa shape index (κ2) is 6.88. The zero-order valence-corrected chi connectivity index (χ0v) is 13.9. The summed E-state index contributed by atoms with van der Waals surface area (Å²) in [5.41, 5.74) is 2.40. The number of nitrogens with zero attached hydrogens (tertiary/aromatic N) is 2. The van der Waals surface area contributed by atoms with Gasteiger partial charge in [0.05, 0.1) is 11.8 Å². The molecule has 2 aliphatic rings. The summed E-state index contributed by atoms with van der Waals surface area (Å²) in [6, 6.07) is 8.30. The normalized spacial score (nSPS) is 19.1. The van der Waals surface area contributed by atoms with Gasteiger partial charge in [-0.05, 0) is 30.9 Å². The summed E-state index contributed by atoms with van der Waals surface area (Å²) in [6.07, 6.45) is 2.98. The van der Waals surface area contributed by atoms with E-state index in [1.807, 2.05) is 11.0 Å². The van der Waals surface area contributed by atoms with Gasteiger partial charge in [0.1, 0.15) is 4.38 Å². The van der Waals surface area contributed by atoms with Gasteiger partial charge in [0.15, 0.2) is 0 Å². The van der Waals surface area contributed by atoms with E-state index in [9.17, 15) is 4.79 Å². The number of fused-ring (bicyclic) bond motifs is 1. The van der Waals surface area contributed by atoms with Crippen LogP contribution in [-0.4, -0.2) is 34.4 Å². The number of amides is 1. The lowest BCUT2D eigenvalue weighted by Gasteiger charge is -2.32. The Morgan fingerprint density at radius 3 is 3.10 bits per heavy atom. The number of carbonyl (C=O) groups excluding carboxylic acids is 1. The second-order valence-corrected chi connectivity index (χ2v) is 7.77. The highest BCUT2D eigenvalue weighted by Crippen LogP contribution is 2.32. The lowest BCUT2D eigenvalue weighted by atomic mass is 10.0. The Balaban J connectivity index is 1.77. The lowest BCUT2D eigenvalue weighted by molar-refractivity contribution is -0.118. The van der Waals surface area contributed by atoms with Crippen molar-refractivity contribution in [2.75, 3.05) is 23.7 Å². The molecule has 0 saturated heterocycles. The van der Waals surface area contributed by atoms with Crippen molar-refractivity contribution in [3.63, 3.8) is 0 Å². The maximum atomic E-state index is 12.9. The first-order valence-corrected chi connectivity index (χ1v) is 9.39. The van der Waals surface area contributed by atoms with Crippen molar-refractivity contribution in [1.82, 2.24) is 0 Å². The molecule has 0 radical (unpaired) electrons. The predicted molar refractivity (Wildman–Crippen MR) is 93.5 cm³/mol. The third-order valence-electron chi connectivity index (χ3n) is 3.82. The topological polar surface area (TPSA) is 32.7 Å². The summed E-state index contributed by atoms with van der Waals surface area (Å²) in [5, 5.41) is -0.0134. The minimum atomic E-state index is -0.0134. The van der Waals surface area contributed by atoms with Crippen molar-refractivity contribution < 1.29 is 4.79 Å². The number of aryl methyl sites for hydroxylation is 1. The average molecular weight is 320 g/mol. The van der Waals surface area contributed by atoms with Gasteiger partial charge in [-0.25, -0.2) is 0 Å². The van der Waals surface area contributed by atoms with E-state index in [2.05, 4.69) is 30.1 Å². The average Bonchev–Trinajstić information content (AvgIpc) is 3.04. The number of hydrogen-bond acceptors (Lipinski definition) is 4. The van der Waals surface area contributed by atoms with E-state index in [4.69, 9.17) is 0 Å². The van der Waals surface area contributed by atoms with Crippen LogP contribution in [0, 0.1) is 0 Å². The molecule has 3 rings (SSSR count). The minimum absolute atomic E-state index is 0.0134. The van der Waals surface area contributed by atoms with Gasteiger partial charge < -0.3 is 4.90 Å². The molecule has 21 heavy (non-hydrogen) atoms. The van der Waals surface area contributed by atoms with Crippen LogP contribution in [0.3, 0.4) is 0 Å². The molecule has 2 aliphatic heterocycles. The summed E-state index contributed by atoms with van der Waals surface area (Å²) >= 11 is 3.43. The van der Waals surface area contributed by atoms with Crippen LogP contribution >= 0.6 is 23.5 Å². The van der Waals surface area contributed by atoms with Gasteiger partial charge in [0, 0.05) is 18.0 Å². The molecule has 2 heterocycles. The molecular formula is C16H20N2OS2. The number of aliphatic imine (C=N–C) groups is 1. The fourth-order valence-electron chi connectivity index (χ4n) is 2.75. The SMILES string of the molecule is CCC(SC1=NCCS1)C(=O)N1CCCc2ccccc21. The van der Waals surface area contributed by atoms with Gasteiger partial charge in [-0.3, -0.25) is 9.79 Å². The highest BCUT2D eigenvalue weighted by molar-refractivity contribution is 8.39. The van der Waals surface area contributed by atoms with Gasteiger partial charge >= 0.3 is 0 Å². The Labute approximate surface area is 134 Å². The highest BCUT2D eigenvalue weighted by atomic mass is 32.2. The van der Waals surface area contributed by atoms with E-state index in [0.29, 0.717) is 0 Å². The molecule has 0 bridgehead atoms. The van der Waals surface area contributed by atoms with Gasteiger partial charge in [0.2, 0.25) is 5.91 Å². The van der Waals surface area contributed by atoms with Crippen LogP contribution in [0.1, 0.15) is 25.3 Å². The molecule has 1 aromatic rings. The van der Waals surface area contributed by atoms with Gasteiger partial charge in [-0.15, -0.1) is 0 Å². The van der Waals surface area contributed by atoms with Crippen LogP contribution in [-0.2, 0) is 11.2 Å². The number of carbonyl (C=O) groups is 1. The van der Waals surface area contributed by atoms with Crippen molar-refractivity contribution in [2.24, 2.45) is 4.99 Å².